The highest BCUT2D eigenvalue weighted by Gasteiger charge is 2.26. The van der Waals surface area contributed by atoms with E-state index in [1.807, 2.05) is 31.9 Å². The van der Waals surface area contributed by atoms with Gasteiger partial charge in [0.2, 0.25) is 0 Å². The lowest BCUT2D eigenvalue weighted by molar-refractivity contribution is 0.0652. The highest BCUT2D eigenvalue weighted by molar-refractivity contribution is 5.93. The van der Waals surface area contributed by atoms with Gasteiger partial charge in [-0.1, -0.05) is 0 Å². The smallest absolute Gasteiger partial charge is 0.289 e. The number of rotatable bonds is 4. The van der Waals surface area contributed by atoms with Crippen LogP contribution in [0.1, 0.15) is 41.1 Å². The van der Waals surface area contributed by atoms with Gasteiger partial charge in [-0.3, -0.25) is 4.79 Å². The third kappa shape index (κ3) is 3.38. The summed E-state index contributed by atoms with van der Waals surface area (Å²) in [5.74, 6) is 2.13. The number of carbonyl (C=O) groups excluding carboxylic acids is 1. The maximum absolute atomic E-state index is 12.4. The first-order chi connectivity index (χ1) is 9.11. The van der Waals surface area contributed by atoms with Crippen LogP contribution in [0.3, 0.4) is 0 Å². The van der Waals surface area contributed by atoms with Gasteiger partial charge in [-0.15, -0.1) is 0 Å². The van der Waals surface area contributed by atoms with Gasteiger partial charge in [0.25, 0.3) is 5.91 Å². The number of hydrogen-bond donors (Lipinski definition) is 1. The summed E-state index contributed by atoms with van der Waals surface area (Å²) < 4.78 is 5.52. The monoisotopic (exact) mass is 264 g/mol. The first kappa shape index (κ1) is 14.1. The Labute approximate surface area is 115 Å². The molecular formula is C15H24N2O2. The predicted molar refractivity (Wildman–Crippen MR) is 75.4 cm³/mol. The molecule has 0 saturated carbocycles. The molecule has 1 aliphatic rings. The molecule has 2 heterocycles. The number of carbonyl (C=O) groups is 1. The van der Waals surface area contributed by atoms with Crippen LogP contribution in [0.4, 0.5) is 0 Å². The zero-order chi connectivity index (χ0) is 13.8. The van der Waals surface area contributed by atoms with Gasteiger partial charge in [0.05, 0.1) is 0 Å². The van der Waals surface area contributed by atoms with Gasteiger partial charge >= 0.3 is 0 Å². The molecule has 0 atom stereocenters. The number of furan rings is 1. The molecule has 0 aromatic carbocycles. The lowest BCUT2D eigenvalue weighted by atomic mass is 9.93. The van der Waals surface area contributed by atoms with Crippen LogP contribution in [0.2, 0.25) is 0 Å². The number of piperidine rings is 1. The van der Waals surface area contributed by atoms with E-state index in [1.165, 1.54) is 6.42 Å². The summed E-state index contributed by atoms with van der Waals surface area (Å²) in [6.45, 7) is 6.59. The van der Waals surface area contributed by atoms with Gasteiger partial charge in [-0.25, -0.2) is 0 Å². The molecule has 1 fully saturated rings. The second kappa shape index (κ2) is 6.24. The average molecular weight is 264 g/mol. The molecule has 0 radical (unpaired) electrons. The number of aryl methyl sites for hydroxylation is 2. The fraction of sp³-hybridized carbons (Fsp3) is 0.667. The van der Waals surface area contributed by atoms with Crippen LogP contribution in [0.25, 0.3) is 0 Å². The molecule has 1 aliphatic heterocycles. The van der Waals surface area contributed by atoms with Crippen LogP contribution in [0.15, 0.2) is 10.5 Å². The molecule has 1 saturated heterocycles. The molecule has 19 heavy (non-hydrogen) atoms. The summed E-state index contributed by atoms with van der Waals surface area (Å²) in [6, 6.07) is 1.92. The molecule has 0 spiro atoms. The van der Waals surface area contributed by atoms with Gasteiger partial charge in [0.1, 0.15) is 5.76 Å². The van der Waals surface area contributed by atoms with E-state index >= 15 is 0 Å². The summed E-state index contributed by atoms with van der Waals surface area (Å²) in [7, 11) is 1.99. The summed E-state index contributed by atoms with van der Waals surface area (Å²) >= 11 is 0. The Morgan fingerprint density at radius 2 is 2.11 bits per heavy atom. The van der Waals surface area contributed by atoms with Gasteiger partial charge in [-0.2, -0.15) is 0 Å². The highest BCUT2D eigenvalue weighted by atomic mass is 16.4. The number of nitrogens with one attached hydrogen (secondary N) is 1. The van der Waals surface area contributed by atoms with Crippen molar-refractivity contribution in [2.75, 3.05) is 26.7 Å². The standard InChI is InChI=1S/C15H24N2O2/c1-11-10-12(2)19-14(11)15(18)17-8-5-13(6-9-17)4-7-16-3/h10,13,16H,4-9H2,1-3H3. The topological polar surface area (TPSA) is 45.5 Å². The minimum absolute atomic E-state index is 0.0534. The molecular weight excluding hydrogens is 240 g/mol. The number of likely N-dealkylation sites (tertiary alicyclic amines) is 1. The van der Waals surface area contributed by atoms with Crippen molar-refractivity contribution in [2.45, 2.75) is 33.1 Å². The molecule has 0 aliphatic carbocycles. The van der Waals surface area contributed by atoms with E-state index in [2.05, 4.69) is 5.32 Å². The minimum atomic E-state index is 0.0534. The van der Waals surface area contributed by atoms with Crippen LogP contribution in [0.5, 0.6) is 0 Å². The molecule has 1 amide bonds. The Kier molecular flexibility index (Phi) is 4.64. The number of amides is 1. The summed E-state index contributed by atoms with van der Waals surface area (Å²) in [5, 5.41) is 3.19. The van der Waals surface area contributed by atoms with Crippen molar-refractivity contribution >= 4 is 5.91 Å². The normalized spacial score (nSPS) is 16.9. The van der Waals surface area contributed by atoms with Gasteiger partial charge in [0.15, 0.2) is 5.76 Å². The van der Waals surface area contributed by atoms with Crippen LogP contribution in [-0.4, -0.2) is 37.5 Å². The first-order valence-electron chi connectivity index (χ1n) is 7.12. The molecule has 2 rings (SSSR count). The minimum Gasteiger partial charge on any atom is -0.456 e. The lowest BCUT2D eigenvalue weighted by Gasteiger charge is -2.31. The van der Waals surface area contributed by atoms with E-state index in [-0.39, 0.29) is 5.91 Å². The van der Waals surface area contributed by atoms with Gasteiger partial charge in [-0.05, 0) is 58.7 Å². The largest absolute Gasteiger partial charge is 0.456 e. The number of hydrogen-bond acceptors (Lipinski definition) is 3. The van der Waals surface area contributed by atoms with Crippen LogP contribution in [-0.2, 0) is 0 Å². The fourth-order valence-corrected chi connectivity index (χ4v) is 2.77. The van der Waals surface area contributed by atoms with Crippen molar-refractivity contribution in [2.24, 2.45) is 5.92 Å². The van der Waals surface area contributed by atoms with Crippen molar-refractivity contribution < 1.29 is 9.21 Å². The number of nitrogens with zero attached hydrogens (tertiary/aromatic N) is 1. The second-order valence-electron chi connectivity index (χ2n) is 5.50. The van der Waals surface area contributed by atoms with E-state index in [9.17, 15) is 4.79 Å². The lowest BCUT2D eigenvalue weighted by Crippen LogP contribution is -2.39. The molecule has 1 N–H and O–H groups in total. The zero-order valence-corrected chi connectivity index (χ0v) is 12.2. The van der Waals surface area contributed by atoms with E-state index in [0.717, 1.165) is 49.7 Å². The van der Waals surface area contributed by atoms with E-state index in [4.69, 9.17) is 4.42 Å². The Hall–Kier alpha value is -1.29. The van der Waals surface area contributed by atoms with Crippen LogP contribution >= 0.6 is 0 Å². The molecule has 0 unspecified atom stereocenters. The van der Waals surface area contributed by atoms with Crippen molar-refractivity contribution in [3.8, 4) is 0 Å². The Morgan fingerprint density at radius 1 is 1.42 bits per heavy atom. The van der Waals surface area contributed by atoms with Gasteiger partial charge in [0, 0.05) is 18.7 Å². The third-order valence-corrected chi connectivity index (χ3v) is 3.94. The Balaban J connectivity index is 1.91. The summed E-state index contributed by atoms with van der Waals surface area (Å²) in [6.07, 6.45) is 3.41. The Bertz CT molecular complexity index is 431. The average Bonchev–Trinajstić information content (AvgIpc) is 2.75. The van der Waals surface area contributed by atoms with E-state index in [0.29, 0.717) is 5.76 Å². The van der Waals surface area contributed by atoms with E-state index in [1.54, 1.807) is 0 Å². The van der Waals surface area contributed by atoms with Crippen LogP contribution < -0.4 is 5.32 Å². The molecule has 1 aromatic heterocycles. The predicted octanol–water partition coefficient (Wildman–Crippen LogP) is 2.36. The quantitative estimate of drug-likeness (QED) is 0.908. The van der Waals surface area contributed by atoms with Crippen molar-refractivity contribution in [3.63, 3.8) is 0 Å². The molecule has 4 nitrogen and oxygen atoms in total. The third-order valence-electron chi connectivity index (χ3n) is 3.94. The Morgan fingerprint density at radius 3 is 2.63 bits per heavy atom. The highest BCUT2D eigenvalue weighted by Crippen LogP contribution is 2.23. The summed E-state index contributed by atoms with van der Waals surface area (Å²) in [5.41, 5.74) is 0.944. The second-order valence-corrected chi connectivity index (χ2v) is 5.50. The van der Waals surface area contributed by atoms with Crippen molar-refractivity contribution in [1.82, 2.24) is 10.2 Å². The molecule has 106 valence electrons. The van der Waals surface area contributed by atoms with Gasteiger partial charge < -0.3 is 14.6 Å². The molecule has 4 heteroatoms. The first-order valence-corrected chi connectivity index (χ1v) is 7.12. The maximum Gasteiger partial charge on any atom is 0.289 e. The fourth-order valence-electron chi connectivity index (χ4n) is 2.77. The van der Waals surface area contributed by atoms with E-state index < -0.39 is 0 Å². The van der Waals surface area contributed by atoms with Crippen LogP contribution in [0, 0.1) is 19.8 Å². The summed E-state index contributed by atoms with van der Waals surface area (Å²) in [4.78, 5) is 14.3. The SMILES string of the molecule is CNCCC1CCN(C(=O)c2oc(C)cc2C)CC1. The maximum atomic E-state index is 12.4. The van der Waals surface area contributed by atoms with Crippen molar-refractivity contribution in [1.29, 1.82) is 0 Å². The molecule has 1 aromatic rings. The zero-order valence-electron chi connectivity index (χ0n) is 12.2. The molecule has 0 bridgehead atoms. The van der Waals surface area contributed by atoms with Crippen molar-refractivity contribution in [3.05, 3.63) is 23.2 Å².